The van der Waals surface area contributed by atoms with Crippen LogP contribution in [0.5, 0.6) is 0 Å². The van der Waals surface area contributed by atoms with Crippen molar-refractivity contribution in [3.63, 3.8) is 0 Å². The van der Waals surface area contributed by atoms with Crippen LogP contribution in [0.3, 0.4) is 0 Å². The van der Waals surface area contributed by atoms with Crippen LogP contribution in [0.4, 0.5) is 61.5 Å². The Labute approximate surface area is 115 Å². The highest BCUT2D eigenvalue weighted by Gasteiger charge is 2.54. The van der Waals surface area contributed by atoms with Gasteiger partial charge in [-0.2, -0.15) is 61.5 Å². The number of halogens is 14. The SMILES string of the molecule is FC(=C(OC(=C(F)C(F)(F)F)C(F)(F)F)C(F)(F)F)C(F)(F)F. The van der Waals surface area contributed by atoms with E-state index in [2.05, 4.69) is 4.74 Å². The Balaban J connectivity index is 6.39. The van der Waals surface area contributed by atoms with Crippen molar-refractivity contribution in [2.24, 2.45) is 0 Å². The molecular weight excluding hydrogens is 378 g/mol. The highest BCUT2D eigenvalue weighted by molar-refractivity contribution is 5.19. The van der Waals surface area contributed by atoms with Gasteiger partial charge in [0.05, 0.1) is 0 Å². The molecule has 0 radical (unpaired) electrons. The van der Waals surface area contributed by atoms with E-state index in [1.165, 1.54) is 0 Å². The number of alkyl halides is 12. The van der Waals surface area contributed by atoms with Gasteiger partial charge in [0.2, 0.25) is 11.5 Å². The molecule has 0 aromatic rings. The summed E-state index contributed by atoms with van der Waals surface area (Å²) in [5.41, 5.74) is 0. The quantitative estimate of drug-likeness (QED) is 0.448. The predicted molar refractivity (Wildman–Crippen MR) is 41.6 cm³/mol. The maximum absolute atomic E-state index is 12.5. The molecule has 0 rings (SSSR count). The van der Waals surface area contributed by atoms with E-state index < -0.39 is 47.9 Å². The lowest BCUT2D eigenvalue weighted by atomic mass is 10.3. The van der Waals surface area contributed by atoms with E-state index in [1.807, 2.05) is 0 Å². The molecule has 0 aliphatic rings. The smallest absolute Gasteiger partial charge is 0.441 e. The molecule has 0 saturated carbocycles. The van der Waals surface area contributed by atoms with Gasteiger partial charge in [-0.15, -0.1) is 0 Å². The third-order valence-electron chi connectivity index (χ3n) is 1.62. The fourth-order valence-electron chi connectivity index (χ4n) is 0.814. The molecule has 0 aliphatic heterocycles. The van der Waals surface area contributed by atoms with E-state index >= 15 is 0 Å². The van der Waals surface area contributed by atoms with Crippen molar-refractivity contribution < 1.29 is 66.2 Å². The van der Waals surface area contributed by atoms with Crippen LogP contribution in [0, 0.1) is 0 Å². The summed E-state index contributed by atoms with van der Waals surface area (Å²) in [6, 6.07) is 0. The topological polar surface area (TPSA) is 9.23 Å². The van der Waals surface area contributed by atoms with Crippen LogP contribution in [-0.2, 0) is 4.74 Å². The molecule has 1 nitrogen and oxygen atoms in total. The van der Waals surface area contributed by atoms with Gasteiger partial charge < -0.3 is 4.74 Å². The summed E-state index contributed by atoms with van der Waals surface area (Å²) in [7, 11) is 0. The van der Waals surface area contributed by atoms with E-state index in [0.29, 0.717) is 0 Å². The van der Waals surface area contributed by atoms with Crippen LogP contribution < -0.4 is 0 Å². The van der Waals surface area contributed by atoms with Gasteiger partial charge in [0.25, 0.3) is 11.7 Å². The fourth-order valence-corrected chi connectivity index (χ4v) is 0.814. The lowest BCUT2D eigenvalue weighted by Gasteiger charge is -2.20. The second-order valence-corrected chi connectivity index (χ2v) is 3.38. The third-order valence-corrected chi connectivity index (χ3v) is 1.62. The summed E-state index contributed by atoms with van der Waals surface area (Å²) in [5.74, 6) is -16.9. The Morgan fingerprint density at radius 3 is 0.783 bits per heavy atom. The molecule has 0 aromatic carbocycles. The van der Waals surface area contributed by atoms with E-state index in [4.69, 9.17) is 0 Å². The van der Waals surface area contributed by atoms with Crippen molar-refractivity contribution in [3.8, 4) is 0 Å². The van der Waals surface area contributed by atoms with Crippen LogP contribution in [-0.4, -0.2) is 24.7 Å². The maximum atomic E-state index is 12.5. The molecule has 0 spiro atoms. The lowest BCUT2D eigenvalue weighted by Crippen LogP contribution is -2.28. The normalized spacial score (nSPS) is 16.8. The number of rotatable bonds is 2. The van der Waals surface area contributed by atoms with E-state index in [0.717, 1.165) is 0 Å². The summed E-state index contributed by atoms with van der Waals surface area (Å²) in [5, 5.41) is 0. The largest absolute Gasteiger partial charge is 0.452 e. The first-order chi connectivity index (χ1) is 9.79. The van der Waals surface area contributed by atoms with Gasteiger partial charge >= 0.3 is 24.7 Å². The van der Waals surface area contributed by atoms with Gasteiger partial charge in [0, 0.05) is 0 Å². The molecule has 0 unspecified atom stereocenters. The Morgan fingerprint density at radius 1 is 0.435 bits per heavy atom. The first-order valence-electron chi connectivity index (χ1n) is 4.55. The molecule has 0 fully saturated rings. The first kappa shape index (κ1) is 21.3. The van der Waals surface area contributed by atoms with Gasteiger partial charge in [-0.25, -0.2) is 0 Å². The number of hydrogen-bond donors (Lipinski definition) is 0. The maximum Gasteiger partial charge on any atom is 0.452 e. The number of ether oxygens (including phenoxy) is 1. The molecule has 0 amide bonds. The van der Waals surface area contributed by atoms with Gasteiger partial charge in [-0.05, 0) is 0 Å². The average Bonchev–Trinajstić information content (AvgIpc) is 2.22. The molecule has 0 atom stereocenters. The molecule has 15 heteroatoms. The summed E-state index contributed by atoms with van der Waals surface area (Å²) < 4.78 is 171. The Morgan fingerprint density at radius 2 is 0.652 bits per heavy atom. The van der Waals surface area contributed by atoms with Crippen molar-refractivity contribution >= 4 is 0 Å². The molecule has 0 bridgehead atoms. The van der Waals surface area contributed by atoms with Crippen molar-refractivity contribution in [3.05, 3.63) is 23.2 Å². The van der Waals surface area contributed by atoms with Crippen LogP contribution in [0.15, 0.2) is 23.2 Å². The lowest BCUT2D eigenvalue weighted by molar-refractivity contribution is -0.181. The van der Waals surface area contributed by atoms with Gasteiger partial charge in [-0.3, -0.25) is 0 Å². The van der Waals surface area contributed by atoms with Crippen LogP contribution in [0.1, 0.15) is 0 Å². The first-order valence-corrected chi connectivity index (χ1v) is 4.55. The monoisotopic (exact) mass is 378 g/mol. The summed E-state index contributed by atoms with van der Waals surface area (Å²) in [4.78, 5) is 0. The van der Waals surface area contributed by atoms with Crippen LogP contribution in [0.2, 0.25) is 0 Å². The second kappa shape index (κ2) is 6.07. The van der Waals surface area contributed by atoms with Gasteiger partial charge in [-0.1, -0.05) is 0 Å². The van der Waals surface area contributed by atoms with E-state index in [9.17, 15) is 61.5 Å². The van der Waals surface area contributed by atoms with Gasteiger partial charge in [0.15, 0.2) is 0 Å². The zero-order valence-corrected chi connectivity index (χ0v) is 9.70. The van der Waals surface area contributed by atoms with Gasteiger partial charge in [0.1, 0.15) is 0 Å². The Hall–Kier alpha value is -1.70. The van der Waals surface area contributed by atoms with Crippen LogP contribution >= 0.6 is 0 Å². The summed E-state index contributed by atoms with van der Waals surface area (Å²) >= 11 is 0. The minimum absolute atomic E-state index is 2.28. The predicted octanol–water partition coefficient (Wildman–Crippen LogP) is 5.61. The molecule has 23 heavy (non-hydrogen) atoms. The minimum atomic E-state index is -6.65. The molecule has 0 heterocycles. The molecule has 0 aliphatic carbocycles. The molecular formula is C8F14O. The summed E-state index contributed by atoms with van der Waals surface area (Å²) in [6.45, 7) is 0. The van der Waals surface area contributed by atoms with Crippen molar-refractivity contribution in [1.82, 2.24) is 0 Å². The molecule has 136 valence electrons. The summed E-state index contributed by atoms with van der Waals surface area (Å²) in [6.07, 6.45) is -26.4. The second-order valence-electron chi connectivity index (χ2n) is 3.38. The molecule has 0 N–H and O–H groups in total. The van der Waals surface area contributed by atoms with Crippen molar-refractivity contribution in [2.45, 2.75) is 24.7 Å². The highest BCUT2D eigenvalue weighted by Crippen LogP contribution is 2.44. The van der Waals surface area contributed by atoms with E-state index in [1.54, 1.807) is 0 Å². The Bertz CT molecular complexity index is 449. The molecule has 0 aromatic heterocycles. The van der Waals surface area contributed by atoms with Crippen molar-refractivity contribution in [1.29, 1.82) is 0 Å². The fraction of sp³-hybridized carbons (Fsp3) is 0.500. The number of hydrogen-bond acceptors (Lipinski definition) is 1. The minimum Gasteiger partial charge on any atom is -0.441 e. The average molecular weight is 378 g/mol. The van der Waals surface area contributed by atoms with Crippen molar-refractivity contribution in [2.75, 3.05) is 0 Å². The standard InChI is InChI=1S/C8F14O/c9-1(5(11,12)13)3(7(17,18)19)23-4(8(20,21)22)2(10)6(14,15)16. The van der Waals surface area contributed by atoms with Crippen LogP contribution in [0.25, 0.3) is 0 Å². The highest BCUT2D eigenvalue weighted by atomic mass is 19.4. The van der Waals surface area contributed by atoms with E-state index in [-0.39, 0.29) is 0 Å². The molecule has 0 saturated heterocycles. The number of allylic oxidation sites excluding steroid dienone is 4. The zero-order chi connectivity index (χ0) is 19.0. The third kappa shape index (κ3) is 5.78. The zero-order valence-electron chi connectivity index (χ0n) is 9.70. The Kier molecular flexibility index (Phi) is 5.62.